The first-order chi connectivity index (χ1) is 9.99. The van der Waals surface area contributed by atoms with Gasteiger partial charge in [0.15, 0.2) is 0 Å². The van der Waals surface area contributed by atoms with E-state index < -0.39 is 0 Å². The topological polar surface area (TPSA) is 52.6 Å². The minimum absolute atomic E-state index is 0.0959. The van der Waals surface area contributed by atoms with E-state index in [-0.39, 0.29) is 23.4 Å². The van der Waals surface area contributed by atoms with E-state index >= 15 is 0 Å². The van der Waals surface area contributed by atoms with Crippen LogP contribution in [0.25, 0.3) is 0 Å². The number of carbonyl (C=O) groups is 2. The maximum absolute atomic E-state index is 12.1. The minimum atomic E-state index is -0.201. The Kier molecular flexibility index (Phi) is 5.42. The van der Waals surface area contributed by atoms with Gasteiger partial charge in [-0.05, 0) is 50.9 Å². The van der Waals surface area contributed by atoms with Crippen molar-refractivity contribution in [3.63, 3.8) is 0 Å². The molecule has 0 spiro atoms. The second-order valence-electron chi connectivity index (χ2n) is 6.69. The van der Waals surface area contributed by atoms with Gasteiger partial charge >= 0.3 is 5.97 Å². The Bertz CT molecular complexity index is 392. The van der Waals surface area contributed by atoms with Gasteiger partial charge in [0.1, 0.15) is 5.78 Å². The zero-order valence-corrected chi connectivity index (χ0v) is 13.5. The number of Topliss-reactive ketones (excluding diaryl/α,β-unsaturated/α-hetero) is 1. The SMILES string of the molecule is CCOC(=O)CCO[C@@H](C)[C@H]1CC[C@H]2C(=O)CCC[C@]12C. The molecule has 4 nitrogen and oxygen atoms in total. The van der Waals surface area contributed by atoms with Crippen molar-refractivity contribution in [2.24, 2.45) is 17.3 Å². The van der Waals surface area contributed by atoms with Gasteiger partial charge in [0.2, 0.25) is 0 Å². The average molecular weight is 296 g/mol. The second-order valence-corrected chi connectivity index (χ2v) is 6.69. The number of rotatable bonds is 6. The van der Waals surface area contributed by atoms with Gasteiger partial charge in [-0.25, -0.2) is 0 Å². The van der Waals surface area contributed by atoms with Crippen molar-refractivity contribution in [2.75, 3.05) is 13.2 Å². The molecule has 0 aromatic rings. The Morgan fingerprint density at radius 3 is 2.90 bits per heavy atom. The second kappa shape index (κ2) is 6.91. The molecular formula is C17H28O4. The van der Waals surface area contributed by atoms with E-state index in [0.717, 1.165) is 32.1 Å². The lowest BCUT2D eigenvalue weighted by atomic mass is 9.64. The lowest BCUT2D eigenvalue weighted by molar-refractivity contribution is -0.145. The van der Waals surface area contributed by atoms with E-state index in [0.29, 0.717) is 31.3 Å². The van der Waals surface area contributed by atoms with Gasteiger partial charge in [0, 0.05) is 12.3 Å². The number of ether oxygens (including phenoxy) is 2. The summed E-state index contributed by atoms with van der Waals surface area (Å²) < 4.78 is 10.8. The Morgan fingerprint density at radius 2 is 2.19 bits per heavy atom. The molecule has 2 fully saturated rings. The molecule has 2 aliphatic rings. The van der Waals surface area contributed by atoms with Crippen LogP contribution in [0.15, 0.2) is 0 Å². The van der Waals surface area contributed by atoms with Crippen LogP contribution in [-0.4, -0.2) is 31.1 Å². The summed E-state index contributed by atoms with van der Waals surface area (Å²) >= 11 is 0. The molecule has 0 aliphatic heterocycles. The summed E-state index contributed by atoms with van der Waals surface area (Å²) in [6.45, 7) is 6.98. The Balaban J connectivity index is 1.86. The molecule has 0 N–H and O–H groups in total. The van der Waals surface area contributed by atoms with Crippen LogP contribution < -0.4 is 0 Å². The highest BCUT2D eigenvalue weighted by molar-refractivity contribution is 5.83. The normalized spacial score (nSPS) is 33.6. The van der Waals surface area contributed by atoms with Crippen LogP contribution >= 0.6 is 0 Å². The van der Waals surface area contributed by atoms with Crippen molar-refractivity contribution in [3.05, 3.63) is 0 Å². The number of hydrogen-bond acceptors (Lipinski definition) is 4. The average Bonchev–Trinajstić information content (AvgIpc) is 2.77. The summed E-state index contributed by atoms with van der Waals surface area (Å²) in [5, 5.41) is 0. The van der Waals surface area contributed by atoms with Gasteiger partial charge in [0.05, 0.1) is 25.7 Å². The molecule has 0 bridgehead atoms. The first-order valence-corrected chi connectivity index (χ1v) is 8.29. The van der Waals surface area contributed by atoms with Crippen LogP contribution in [0.5, 0.6) is 0 Å². The third-order valence-electron chi connectivity index (χ3n) is 5.50. The highest BCUT2D eigenvalue weighted by Gasteiger charge is 2.52. The molecule has 0 radical (unpaired) electrons. The molecule has 2 rings (SSSR count). The van der Waals surface area contributed by atoms with Gasteiger partial charge in [-0.15, -0.1) is 0 Å². The number of esters is 1. The fraction of sp³-hybridized carbons (Fsp3) is 0.882. The van der Waals surface area contributed by atoms with E-state index in [1.54, 1.807) is 6.92 Å². The molecule has 2 aliphatic carbocycles. The van der Waals surface area contributed by atoms with Crippen LogP contribution in [0.4, 0.5) is 0 Å². The van der Waals surface area contributed by atoms with E-state index in [1.807, 2.05) is 0 Å². The number of ketones is 1. The van der Waals surface area contributed by atoms with Gasteiger partial charge in [-0.3, -0.25) is 9.59 Å². The monoisotopic (exact) mass is 296 g/mol. The van der Waals surface area contributed by atoms with Crippen molar-refractivity contribution in [1.29, 1.82) is 0 Å². The zero-order chi connectivity index (χ0) is 15.5. The number of fused-ring (bicyclic) bond motifs is 1. The molecule has 0 amide bonds. The Labute approximate surface area is 127 Å². The van der Waals surface area contributed by atoms with Crippen molar-refractivity contribution < 1.29 is 19.1 Å². The highest BCUT2D eigenvalue weighted by Crippen LogP contribution is 2.55. The quantitative estimate of drug-likeness (QED) is 0.707. The maximum atomic E-state index is 12.1. The molecule has 120 valence electrons. The lowest BCUT2D eigenvalue weighted by Crippen LogP contribution is -2.41. The van der Waals surface area contributed by atoms with Crippen LogP contribution in [-0.2, 0) is 19.1 Å². The van der Waals surface area contributed by atoms with Crippen molar-refractivity contribution in [2.45, 2.75) is 65.4 Å². The fourth-order valence-corrected chi connectivity index (χ4v) is 4.42. The third-order valence-corrected chi connectivity index (χ3v) is 5.50. The van der Waals surface area contributed by atoms with Crippen molar-refractivity contribution in [1.82, 2.24) is 0 Å². The molecule has 21 heavy (non-hydrogen) atoms. The standard InChI is InChI=1S/C17H28O4/c1-4-20-16(19)9-11-21-12(2)13-7-8-14-15(18)6-5-10-17(13,14)3/h12-14H,4-11H2,1-3H3/t12-,13+,14-,17+/m0/s1. The number of hydrogen-bond donors (Lipinski definition) is 0. The van der Waals surface area contributed by atoms with E-state index in [9.17, 15) is 9.59 Å². The summed E-state index contributed by atoms with van der Waals surface area (Å²) in [4.78, 5) is 23.5. The lowest BCUT2D eigenvalue weighted by Gasteiger charge is -2.41. The van der Waals surface area contributed by atoms with E-state index in [2.05, 4.69) is 13.8 Å². The smallest absolute Gasteiger partial charge is 0.308 e. The maximum Gasteiger partial charge on any atom is 0.308 e. The van der Waals surface area contributed by atoms with Gasteiger partial charge in [-0.2, -0.15) is 0 Å². The van der Waals surface area contributed by atoms with Crippen LogP contribution in [0.2, 0.25) is 0 Å². The molecular weight excluding hydrogens is 268 g/mol. The number of carbonyl (C=O) groups excluding carboxylic acids is 2. The first kappa shape index (κ1) is 16.5. The summed E-state index contributed by atoms with van der Waals surface area (Å²) in [6, 6.07) is 0. The summed E-state index contributed by atoms with van der Waals surface area (Å²) in [5.74, 6) is 0.902. The van der Waals surface area contributed by atoms with Crippen LogP contribution in [0, 0.1) is 17.3 Å². The third kappa shape index (κ3) is 3.47. The Hall–Kier alpha value is -0.900. The zero-order valence-electron chi connectivity index (χ0n) is 13.5. The van der Waals surface area contributed by atoms with Crippen LogP contribution in [0.1, 0.15) is 59.3 Å². The molecule has 0 unspecified atom stereocenters. The minimum Gasteiger partial charge on any atom is -0.466 e. The largest absolute Gasteiger partial charge is 0.466 e. The van der Waals surface area contributed by atoms with Crippen molar-refractivity contribution >= 4 is 11.8 Å². The molecule has 0 aromatic heterocycles. The molecule has 2 saturated carbocycles. The van der Waals surface area contributed by atoms with Gasteiger partial charge < -0.3 is 9.47 Å². The van der Waals surface area contributed by atoms with Gasteiger partial charge in [-0.1, -0.05) is 6.92 Å². The predicted molar refractivity (Wildman–Crippen MR) is 79.8 cm³/mol. The Morgan fingerprint density at radius 1 is 1.43 bits per heavy atom. The van der Waals surface area contributed by atoms with Crippen molar-refractivity contribution in [3.8, 4) is 0 Å². The molecule has 0 heterocycles. The first-order valence-electron chi connectivity index (χ1n) is 8.29. The molecule has 0 saturated heterocycles. The highest BCUT2D eigenvalue weighted by atomic mass is 16.5. The van der Waals surface area contributed by atoms with Crippen LogP contribution in [0.3, 0.4) is 0 Å². The van der Waals surface area contributed by atoms with Gasteiger partial charge in [0.25, 0.3) is 0 Å². The fourth-order valence-electron chi connectivity index (χ4n) is 4.42. The van der Waals surface area contributed by atoms with E-state index in [4.69, 9.17) is 9.47 Å². The summed E-state index contributed by atoms with van der Waals surface area (Å²) in [7, 11) is 0. The predicted octanol–water partition coefficient (Wildman–Crippen LogP) is 3.13. The van der Waals surface area contributed by atoms with E-state index in [1.165, 1.54) is 0 Å². The summed E-state index contributed by atoms with van der Waals surface area (Å²) in [5.41, 5.74) is 0.0959. The molecule has 4 heteroatoms. The molecule has 4 atom stereocenters. The summed E-state index contributed by atoms with van der Waals surface area (Å²) in [6.07, 6.45) is 5.37. The molecule has 0 aromatic carbocycles.